The topological polar surface area (TPSA) is 47.3 Å². The van der Waals surface area contributed by atoms with Gasteiger partial charge in [0.1, 0.15) is 5.82 Å². The highest BCUT2D eigenvalue weighted by molar-refractivity contribution is 5.69. The van der Waals surface area contributed by atoms with Crippen LogP contribution in [0.1, 0.15) is 18.0 Å². The van der Waals surface area contributed by atoms with Crippen LogP contribution in [0.2, 0.25) is 0 Å². The Morgan fingerprint density at radius 1 is 1.40 bits per heavy atom. The molecule has 1 unspecified atom stereocenters. The van der Waals surface area contributed by atoms with Crippen molar-refractivity contribution in [3.05, 3.63) is 42.1 Å². The molecule has 1 N–H and O–H groups in total. The summed E-state index contributed by atoms with van der Waals surface area (Å²) in [6.07, 6.45) is 3.58. The standard InChI is InChI=1S/C15H15FN2O2/c16-11-3-1-2-9-14(11)12-6-17-8-18(12)15(9)10-7-20-5-4-13(10)19/h1-3,6,8,10,13,15,19H,4-5,7H2/t10-,13-,15?/m0/s1. The Kier molecular flexibility index (Phi) is 2.65. The van der Waals surface area contributed by atoms with Crippen LogP contribution in [0.4, 0.5) is 4.39 Å². The number of benzene rings is 1. The Morgan fingerprint density at radius 3 is 3.15 bits per heavy atom. The van der Waals surface area contributed by atoms with E-state index >= 15 is 0 Å². The van der Waals surface area contributed by atoms with Crippen molar-refractivity contribution < 1.29 is 14.2 Å². The normalized spacial score (nSPS) is 28.2. The molecule has 0 aliphatic carbocycles. The number of nitrogens with zero attached hydrogens (tertiary/aromatic N) is 2. The molecule has 1 fully saturated rings. The molecule has 104 valence electrons. The number of ether oxygens (including phenoxy) is 1. The first-order chi connectivity index (χ1) is 9.77. The molecule has 4 rings (SSSR count). The van der Waals surface area contributed by atoms with Crippen LogP contribution in [0, 0.1) is 11.7 Å². The lowest BCUT2D eigenvalue weighted by Gasteiger charge is -2.33. The van der Waals surface area contributed by atoms with Gasteiger partial charge in [-0.2, -0.15) is 0 Å². The van der Waals surface area contributed by atoms with E-state index in [4.69, 9.17) is 4.74 Å². The Balaban J connectivity index is 1.87. The van der Waals surface area contributed by atoms with Crippen LogP contribution in [-0.2, 0) is 4.74 Å². The Labute approximate surface area is 115 Å². The molecule has 3 atom stereocenters. The molecule has 5 heteroatoms. The van der Waals surface area contributed by atoms with Gasteiger partial charge in [-0.15, -0.1) is 0 Å². The number of rotatable bonds is 1. The van der Waals surface area contributed by atoms with E-state index in [9.17, 15) is 9.50 Å². The van der Waals surface area contributed by atoms with Gasteiger partial charge in [0.15, 0.2) is 0 Å². The highest BCUT2D eigenvalue weighted by Crippen LogP contribution is 2.45. The number of hydrogen-bond acceptors (Lipinski definition) is 3. The van der Waals surface area contributed by atoms with Gasteiger partial charge in [-0.05, 0) is 18.1 Å². The number of imidazole rings is 1. The van der Waals surface area contributed by atoms with E-state index in [1.165, 1.54) is 6.07 Å². The van der Waals surface area contributed by atoms with E-state index < -0.39 is 6.10 Å². The number of fused-ring (bicyclic) bond motifs is 3. The first kappa shape index (κ1) is 12.1. The molecule has 0 amide bonds. The van der Waals surface area contributed by atoms with Crippen molar-refractivity contribution in [2.75, 3.05) is 13.2 Å². The molecule has 1 aromatic carbocycles. The molecule has 20 heavy (non-hydrogen) atoms. The van der Waals surface area contributed by atoms with Crippen molar-refractivity contribution in [3.8, 4) is 11.3 Å². The molecule has 2 aliphatic heterocycles. The minimum atomic E-state index is -0.432. The van der Waals surface area contributed by atoms with Gasteiger partial charge < -0.3 is 14.4 Å². The van der Waals surface area contributed by atoms with Gasteiger partial charge in [-0.3, -0.25) is 0 Å². The van der Waals surface area contributed by atoms with Crippen LogP contribution in [0.3, 0.4) is 0 Å². The lowest BCUT2D eigenvalue weighted by Crippen LogP contribution is -2.37. The Bertz CT molecular complexity index is 655. The number of halogens is 1. The Morgan fingerprint density at radius 2 is 2.30 bits per heavy atom. The lowest BCUT2D eigenvalue weighted by atomic mass is 9.86. The zero-order valence-corrected chi connectivity index (χ0v) is 10.9. The second-order valence-corrected chi connectivity index (χ2v) is 5.43. The maximum absolute atomic E-state index is 14.1. The molecule has 2 aromatic rings. The Hall–Kier alpha value is -1.72. The van der Waals surface area contributed by atoms with E-state index in [0.717, 1.165) is 11.3 Å². The summed E-state index contributed by atoms with van der Waals surface area (Å²) in [5.41, 5.74) is 2.30. The van der Waals surface area contributed by atoms with Crippen molar-refractivity contribution >= 4 is 0 Å². The van der Waals surface area contributed by atoms with Crippen LogP contribution < -0.4 is 0 Å². The summed E-state index contributed by atoms with van der Waals surface area (Å²) in [4.78, 5) is 4.13. The number of aliphatic hydroxyl groups excluding tert-OH is 1. The predicted octanol–water partition coefficient (Wildman–Crippen LogP) is 1.99. The zero-order valence-electron chi connectivity index (χ0n) is 10.9. The predicted molar refractivity (Wildman–Crippen MR) is 70.7 cm³/mol. The first-order valence-corrected chi connectivity index (χ1v) is 6.84. The van der Waals surface area contributed by atoms with Crippen LogP contribution in [0.5, 0.6) is 0 Å². The molecule has 4 nitrogen and oxygen atoms in total. The van der Waals surface area contributed by atoms with Crippen molar-refractivity contribution in [3.63, 3.8) is 0 Å². The average Bonchev–Trinajstić information content (AvgIpc) is 3.00. The molecular formula is C15H15FN2O2. The molecule has 2 aliphatic rings. The summed E-state index contributed by atoms with van der Waals surface area (Å²) in [5, 5.41) is 10.3. The SMILES string of the molecule is O[C@H]1CCOC[C@@H]1C1c2cccc(F)c2-c2cncn21. The number of aromatic nitrogens is 2. The van der Waals surface area contributed by atoms with Gasteiger partial charge in [0.2, 0.25) is 0 Å². The molecule has 1 aromatic heterocycles. The summed E-state index contributed by atoms with van der Waals surface area (Å²) < 4.78 is 21.6. The minimum absolute atomic E-state index is 0.0697. The molecule has 0 spiro atoms. The molecule has 0 bridgehead atoms. The second kappa shape index (κ2) is 4.40. The fourth-order valence-electron chi connectivity index (χ4n) is 3.41. The van der Waals surface area contributed by atoms with Crippen LogP contribution >= 0.6 is 0 Å². The quantitative estimate of drug-likeness (QED) is 0.865. The maximum Gasteiger partial charge on any atom is 0.132 e. The van der Waals surface area contributed by atoms with E-state index in [-0.39, 0.29) is 17.8 Å². The van der Waals surface area contributed by atoms with Crippen molar-refractivity contribution in [1.82, 2.24) is 9.55 Å². The summed E-state index contributed by atoms with van der Waals surface area (Å²) in [6, 6.07) is 5.01. The van der Waals surface area contributed by atoms with E-state index in [1.807, 2.05) is 10.6 Å². The van der Waals surface area contributed by atoms with Crippen molar-refractivity contribution in [1.29, 1.82) is 0 Å². The first-order valence-electron chi connectivity index (χ1n) is 6.84. The minimum Gasteiger partial charge on any atom is -0.393 e. The molecular weight excluding hydrogens is 259 g/mol. The third kappa shape index (κ3) is 1.57. The summed E-state index contributed by atoms with van der Waals surface area (Å²) in [6.45, 7) is 1.07. The summed E-state index contributed by atoms with van der Waals surface area (Å²) >= 11 is 0. The van der Waals surface area contributed by atoms with E-state index in [1.54, 1.807) is 18.6 Å². The smallest absolute Gasteiger partial charge is 0.132 e. The van der Waals surface area contributed by atoms with E-state index in [0.29, 0.717) is 25.2 Å². The second-order valence-electron chi connectivity index (χ2n) is 5.43. The van der Waals surface area contributed by atoms with Crippen LogP contribution in [0.15, 0.2) is 30.7 Å². The summed E-state index contributed by atoms with van der Waals surface area (Å²) in [5.74, 6) is -0.308. The summed E-state index contributed by atoms with van der Waals surface area (Å²) in [7, 11) is 0. The van der Waals surface area contributed by atoms with Gasteiger partial charge in [0.25, 0.3) is 0 Å². The van der Waals surface area contributed by atoms with E-state index in [2.05, 4.69) is 4.98 Å². The molecule has 3 heterocycles. The van der Waals surface area contributed by atoms with Crippen molar-refractivity contribution in [2.24, 2.45) is 5.92 Å². The highest BCUT2D eigenvalue weighted by atomic mass is 19.1. The zero-order chi connectivity index (χ0) is 13.7. The average molecular weight is 274 g/mol. The highest BCUT2D eigenvalue weighted by Gasteiger charge is 2.40. The van der Waals surface area contributed by atoms with Gasteiger partial charge >= 0.3 is 0 Å². The van der Waals surface area contributed by atoms with Gasteiger partial charge in [-0.25, -0.2) is 9.37 Å². The van der Waals surface area contributed by atoms with Crippen LogP contribution in [0.25, 0.3) is 11.3 Å². The molecule has 0 saturated carbocycles. The lowest BCUT2D eigenvalue weighted by molar-refractivity contribution is -0.0481. The van der Waals surface area contributed by atoms with Crippen LogP contribution in [-0.4, -0.2) is 34.0 Å². The molecule has 0 radical (unpaired) electrons. The van der Waals surface area contributed by atoms with Gasteiger partial charge in [-0.1, -0.05) is 12.1 Å². The monoisotopic (exact) mass is 274 g/mol. The number of hydrogen-bond donors (Lipinski definition) is 1. The third-order valence-electron chi connectivity index (χ3n) is 4.35. The third-order valence-corrected chi connectivity index (χ3v) is 4.35. The largest absolute Gasteiger partial charge is 0.393 e. The molecule has 1 saturated heterocycles. The van der Waals surface area contributed by atoms with Crippen molar-refractivity contribution in [2.45, 2.75) is 18.6 Å². The fourth-order valence-corrected chi connectivity index (χ4v) is 3.41. The van der Waals surface area contributed by atoms with Gasteiger partial charge in [0, 0.05) is 18.1 Å². The number of aliphatic hydroxyl groups is 1. The maximum atomic E-state index is 14.1. The fraction of sp³-hybridized carbons (Fsp3) is 0.400. The van der Waals surface area contributed by atoms with Gasteiger partial charge in [0.05, 0.1) is 37.0 Å².